The second-order valence-electron chi connectivity index (χ2n) is 5.11. The predicted octanol–water partition coefficient (Wildman–Crippen LogP) is 2.62. The minimum atomic E-state index is -0.507. The van der Waals surface area contributed by atoms with Crippen LogP contribution in [0.3, 0.4) is 0 Å². The summed E-state index contributed by atoms with van der Waals surface area (Å²) in [6.07, 6.45) is 4.48. The van der Waals surface area contributed by atoms with Crippen molar-refractivity contribution in [2.24, 2.45) is 0 Å². The maximum Gasteiger partial charge on any atom is 0.407 e. The Bertz CT molecular complexity index is 233. The standard InChI is InChI=1S/C13H25NO3/c1-5-6-7-8-9-11(15)10-14-12(16)17-13(2,3)4/h5,11,15H,1,6-10H2,2-4H3,(H,14,16)/t11-/m0/s1. The fourth-order valence-corrected chi connectivity index (χ4v) is 1.29. The molecule has 0 rings (SSSR count). The van der Waals surface area contributed by atoms with Crippen molar-refractivity contribution in [2.45, 2.75) is 58.2 Å². The molecule has 0 aromatic carbocycles. The number of carbonyl (C=O) groups is 1. The normalized spacial score (nSPS) is 12.9. The van der Waals surface area contributed by atoms with Gasteiger partial charge in [0.15, 0.2) is 0 Å². The quantitative estimate of drug-likeness (QED) is 0.534. The third-order valence-corrected chi connectivity index (χ3v) is 2.08. The molecule has 0 aliphatic rings. The summed E-state index contributed by atoms with van der Waals surface area (Å²) >= 11 is 0. The molecule has 0 aromatic heterocycles. The van der Waals surface area contributed by atoms with E-state index < -0.39 is 17.8 Å². The third kappa shape index (κ3) is 11.2. The summed E-state index contributed by atoms with van der Waals surface area (Å²) in [5.74, 6) is 0. The highest BCUT2D eigenvalue weighted by Gasteiger charge is 2.16. The molecule has 17 heavy (non-hydrogen) atoms. The van der Waals surface area contributed by atoms with Gasteiger partial charge in [0.1, 0.15) is 5.60 Å². The summed E-state index contributed by atoms with van der Waals surface area (Å²) in [6.45, 7) is 9.29. The average molecular weight is 243 g/mol. The van der Waals surface area contributed by atoms with Crippen LogP contribution in [0.1, 0.15) is 46.5 Å². The summed E-state index contributed by atoms with van der Waals surface area (Å²) in [7, 11) is 0. The van der Waals surface area contributed by atoms with Gasteiger partial charge in [-0.3, -0.25) is 0 Å². The Labute approximate surface area is 104 Å². The Morgan fingerprint density at radius 1 is 1.47 bits per heavy atom. The lowest BCUT2D eigenvalue weighted by molar-refractivity contribution is 0.0487. The zero-order chi connectivity index (χ0) is 13.3. The van der Waals surface area contributed by atoms with Gasteiger partial charge in [-0.05, 0) is 40.0 Å². The van der Waals surface area contributed by atoms with E-state index in [1.54, 1.807) is 20.8 Å². The largest absolute Gasteiger partial charge is 0.444 e. The number of hydrogen-bond acceptors (Lipinski definition) is 3. The fourth-order valence-electron chi connectivity index (χ4n) is 1.29. The maximum absolute atomic E-state index is 11.3. The average Bonchev–Trinajstić information content (AvgIpc) is 2.19. The van der Waals surface area contributed by atoms with Crippen molar-refractivity contribution in [3.8, 4) is 0 Å². The number of hydrogen-bond donors (Lipinski definition) is 2. The topological polar surface area (TPSA) is 58.6 Å². The number of carbonyl (C=O) groups excluding carboxylic acids is 1. The van der Waals surface area contributed by atoms with Crippen molar-refractivity contribution in [3.05, 3.63) is 12.7 Å². The Morgan fingerprint density at radius 3 is 2.65 bits per heavy atom. The minimum absolute atomic E-state index is 0.239. The first-order valence-electron chi connectivity index (χ1n) is 6.11. The van der Waals surface area contributed by atoms with Gasteiger partial charge < -0.3 is 15.2 Å². The highest BCUT2D eigenvalue weighted by Crippen LogP contribution is 2.07. The SMILES string of the molecule is C=CCCCC[C@H](O)CNC(=O)OC(C)(C)C. The molecule has 0 unspecified atom stereocenters. The van der Waals surface area contributed by atoms with Crippen LogP contribution in [0.4, 0.5) is 4.79 Å². The molecule has 0 fully saturated rings. The maximum atomic E-state index is 11.3. The first-order chi connectivity index (χ1) is 7.85. The third-order valence-electron chi connectivity index (χ3n) is 2.08. The molecule has 0 spiro atoms. The van der Waals surface area contributed by atoms with Gasteiger partial charge in [0.05, 0.1) is 6.10 Å². The predicted molar refractivity (Wildman–Crippen MR) is 68.9 cm³/mol. The molecule has 1 amide bonds. The molecule has 100 valence electrons. The van der Waals surface area contributed by atoms with Crippen LogP contribution in [0.25, 0.3) is 0 Å². The number of alkyl carbamates (subject to hydrolysis) is 1. The van der Waals surface area contributed by atoms with E-state index in [2.05, 4.69) is 11.9 Å². The van der Waals surface area contributed by atoms with E-state index in [1.165, 1.54) is 0 Å². The highest BCUT2D eigenvalue weighted by atomic mass is 16.6. The smallest absolute Gasteiger partial charge is 0.407 e. The van der Waals surface area contributed by atoms with Crippen LogP contribution in [0.15, 0.2) is 12.7 Å². The molecule has 0 aromatic rings. The van der Waals surface area contributed by atoms with Crippen molar-refractivity contribution >= 4 is 6.09 Å². The second-order valence-corrected chi connectivity index (χ2v) is 5.11. The van der Waals surface area contributed by atoms with E-state index >= 15 is 0 Å². The first kappa shape index (κ1) is 16.0. The van der Waals surface area contributed by atoms with Crippen LogP contribution in [0.2, 0.25) is 0 Å². The van der Waals surface area contributed by atoms with Gasteiger partial charge in [0.2, 0.25) is 0 Å². The lowest BCUT2D eigenvalue weighted by Gasteiger charge is -2.20. The van der Waals surface area contributed by atoms with Gasteiger partial charge in [-0.2, -0.15) is 0 Å². The minimum Gasteiger partial charge on any atom is -0.444 e. The van der Waals surface area contributed by atoms with Crippen LogP contribution in [0.5, 0.6) is 0 Å². The van der Waals surface area contributed by atoms with Gasteiger partial charge in [-0.1, -0.05) is 12.5 Å². The molecule has 0 aliphatic heterocycles. The Kier molecular flexibility index (Phi) is 7.63. The molecule has 0 bridgehead atoms. The van der Waals surface area contributed by atoms with Gasteiger partial charge in [-0.15, -0.1) is 6.58 Å². The monoisotopic (exact) mass is 243 g/mol. The van der Waals surface area contributed by atoms with E-state index in [-0.39, 0.29) is 6.54 Å². The lowest BCUT2D eigenvalue weighted by atomic mass is 10.1. The van der Waals surface area contributed by atoms with E-state index in [0.717, 1.165) is 19.3 Å². The molecule has 2 N–H and O–H groups in total. The van der Waals surface area contributed by atoms with E-state index in [4.69, 9.17) is 4.74 Å². The Hall–Kier alpha value is -1.03. The molecule has 1 atom stereocenters. The van der Waals surface area contributed by atoms with E-state index in [0.29, 0.717) is 6.42 Å². The van der Waals surface area contributed by atoms with Gasteiger partial charge in [0.25, 0.3) is 0 Å². The number of allylic oxidation sites excluding steroid dienone is 1. The number of aliphatic hydroxyl groups is 1. The number of aliphatic hydroxyl groups excluding tert-OH is 1. The van der Waals surface area contributed by atoms with Crippen molar-refractivity contribution in [2.75, 3.05) is 6.54 Å². The van der Waals surface area contributed by atoms with Gasteiger partial charge in [-0.25, -0.2) is 4.79 Å². The molecule has 0 aliphatic carbocycles. The highest BCUT2D eigenvalue weighted by molar-refractivity contribution is 5.67. The molecule has 4 nitrogen and oxygen atoms in total. The Morgan fingerprint density at radius 2 is 2.12 bits per heavy atom. The van der Waals surface area contributed by atoms with Crippen molar-refractivity contribution in [3.63, 3.8) is 0 Å². The summed E-state index contributed by atoms with van der Waals surface area (Å²) < 4.78 is 5.06. The molecule has 0 heterocycles. The molecular weight excluding hydrogens is 218 g/mol. The fraction of sp³-hybridized carbons (Fsp3) is 0.769. The number of unbranched alkanes of at least 4 members (excludes halogenated alkanes) is 2. The zero-order valence-corrected chi connectivity index (χ0v) is 11.2. The van der Waals surface area contributed by atoms with Gasteiger partial charge >= 0.3 is 6.09 Å². The number of amides is 1. The number of rotatable bonds is 7. The zero-order valence-electron chi connectivity index (χ0n) is 11.2. The van der Waals surface area contributed by atoms with Crippen LogP contribution in [-0.4, -0.2) is 29.4 Å². The summed E-state index contributed by atoms with van der Waals surface area (Å²) in [5.41, 5.74) is -0.501. The van der Waals surface area contributed by atoms with Crippen molar-refractivity contribution in [1.29, 1.82) is 0 Å². The van der Waals surface area contributed by atoms with E-state index in [1.807, 2.05) is 6.08 Å². The first-order valence-corrected chi connectivity index (χ1v) is 6.11. The van der Waals surface area contributed by atoms with E-state index in [9.17, 15) is 9.90 Å². The molecular formula is C13H25NO3. The molecule has 0 radical (unpaired) electrons. The second kappa shape index (κ2) is 8.12. The molecule has 4 heteroatoms. The van der Waals surface area contributed by atoms with Crippen LogP contribution < -0.4 is 5.32 Å². The van der Waals surface area contributed by atoms with Crippen molar-refractivity contribution in [1.82, 2.24) is 5.32 Å². The van der Waals surface area contributed by atoms with Crippen LogP contribution in [0, 0.1) is 0 Å². The Balaban J connectivity index is 3.59. The van der Waals surface area contributed by atoms with Gasteiger partial charge in [0, 0.05) is 6.54 Å². The number of nitrogens with one attached hydrogen (secondary N) is 1. The number of ether oxygens (including phenoxy) is 1. The lowest BCUT2D eigenvalue weighted by Crippen LogP contribution is -2.36. The molecule has 0 saturated carbocycles. The summed E-state index contributed by atoms with van der Waals surface area (Å²) in [5, 5.41) is 12.1. The van der Waals surface area contributed by atoms with Crippen molar-refractivity contribution < 1.29 is 14.6 Å². The molecule has 0 saturated heterocycles. The summed E-state index contributed by atoms with van der Waals surface area (Å²) in [4.78, 5) is 11.3. The summed E-state index contributed by atoms with van der Waals surface area (Å²) in [6, 6.07) is 0. The van der Waals surface area contributed by atoms with Crippen LogP contribution in [-0.2, 0) is 4.74 Å². The van der Waals surface area contributed by atoms with Crippen LogP contribution >= 0.6 is 0 Å².